The maximum absolute atomic E-state index is 11.7. The van der Waals surface area contributed by atoms with E-state index in [1.54, 1.807) is 4.90 Å². The number of rotatable bonds is 7. The number of hydrogen-bond acceptors (Lipinski definition) is 3. The molecule has 88 valence electrons. The van der Waals surface area contributed by atoms with Crippen LogP contribution in [0.2, 0.25) is 0 Å². The van der Waals surface area contributed by atoms with E-state index < -0.39 is 0 Å². The number of amides is 1. The van der Waals surface area contributed by atoms with Gasteiger partial charge in [0.25, 0.3) is 0 Å². The van der Waals surface area contributed by atoms with E-state index in [9.17, 15) is 4.79 Å². The molecule has 0 aliphatic carbocycles. The van der Waals surface area contributed by atoms with Crippen molar-refractivity contribution in [1.82, 2.24) is 4.90 Å². The van der Waals surface area contributed by atoms with Crippen molar-refractivity contribution in [3.8, 4) is 0 Å². The van der Waals surface area contributed by atoms with Crippen LogP contribution in [0, 0.1) is 0 Å². The Kier molecular flexibility index (Phi) is 7.25. The summed E-state index contributed by atoms with van der Waals surface area (Å²) in [5, 5.41) is 0. The quantitative estimate of drug-likeness (QED) is 0.524. The average molecular weight is 232 g/mol. The number of nitrogens with two attached hydrogens (primary N) is 1. The normalized spacial score (nSPS) is 10.4. The molecule has 0 unspecified atom stereocenters. The van der Waals surface area contributed by atoms with Crippen molar-refractivity contribution in [1.29, 1.82) is 0 Å². The molecule has 15 heavy (non-hydrogen) atoms. The minimum Gasteiger partial charge on any atom is -0.392 e. The Hall–Kier alpha value is -0.680. The van der Waals surface area contributed by atoms with Gasteiger partial charge in [0.1, 0.15) is 6.61 Å². The monoisotopic (exact) mass is 232 g/mol. The number of thiocarbonyl (C=S) groups is 1. The van der Waals surface area contributed by atoms with Gasteiger partial charge in [-0.1, -0.05) is 19.1 Å². The molecule has 0 spiro atoms. The van der Waals surface area contributed by atoms with E-state index >= 15 is 0 Å². The third-order valence-corrected chi connectivity index (χ3v) is 1.97. The van der Waals surface area contributed by atoms with Crippen molar-refractivity contribution in [3.63, 3.8) is 0 Å². The van der Waals surface area contributed by atoms with Gasteiger partial charge in [-0.2, -0.15) is 0 Å². The topological polar surface area (TPSA) is 55.6 Å². The van der Waals surface area contributed by atoms with Crippen LogP contribution in [-0.4, -0.2) is 41.6 Å². The summed E-state index contributed by atoms with van der Waals surface area (Å²) < 4.78 is 5.18. The Morgan fingerprint density at radius 2 is 2.13 bits per heavy atom. The average Bonchev–Trinajstić information content (AvgIpc) is 2.13. The fourth-order valence-corrected chi connectivity index (χ4v) is 1.25. The highest BCUT2D eigenvalue weighted by Crippen LogP contribution is 1.99. The van der Waals surface area contributed by atoms with Gasteiger partial charge in [-0.15, -0.1) is 0 Å². The van der Waals surface area contributed by atoms with E-state index in [0.29, 0.717) is 18.1 Å². The molecule has 0 fully saturated rings. The molecule has 2 N–H and O–H groups in total. The molecule has 0 saturated heterocycles. The maximum atomic E-state index is 11.7. The minimum absolute atomic E-state index is 0.0637. The molecule has 1 amide bonds. The first kappa shape index (κ1) is 14.3. The molecule has 0 aromatic rings. The molecule has 0 bridgehead atoms. The lowest BCUT2D eigenvalue weighted by molar-refractivity contribution is -0.137. The summed E-state index contributed by atoms with van der Waals surface area (Å²) in [5.74, 6) is -0.0637. The number of carbonyl (C=O) groups is 1. The molecule has 0 aliphatic rings. The third kappa shape index (κ3) is 6.41. The van der Waals surface area contributed by atoms with Crippen molar-refractivity contribution in [2.24, 2.45) is 5.73 Å². The van der Waals surface area contributed by atoms with Crippen molar-refractivity contribution in [2.45, 2.75) is 33.2 Å². The van der Waals surface area contributed by atoms with Crippen LogP contribution in [0.4, 0.5) is 0 Å². The zero-order valence-electron chi connectivity index (χ0n) is 9.66. The lowest BCUT2D eigenvalue weighted by Crippen LogP contribution is -2.43. The summed E-state index contributed by atoms with van der Waals surface area (Å²) in [6.07, 6.45) is 0.907. The molecule has 0 rings (SSSR count). The highest BCUT2D eigenvalue weighted by molar-refractivity contribution is 7.80. The second-order valence-electron chi connectivity index (χ2n) is 3.63. The van der Waals surface area contributed by atoms with Gasteiger partial charge >= 0.3 is 0 Å². The van der Waals surface area contributed by atoms with E-state index in [1.807, 2.05) is 20.8 Å². The van der Waals surface area contributed by atoms with Crippen LogP contribution in [0.3, 0.4) is 0 Å². The van der Waals surface area contributed by atoms with Crippen LogP contribution in [0.5, 0.6) is 0 Å². The molecular weight excluding hydrogens is 212 g/mol. The number of carbonyl (C=O) groups excluding carboxylic acids is 1. The Morgan fingerprint density at radius 3 is 2.53 bits per heavy atom. The first-order chi connectivity index (χ1) is 6.99. The second-order valence-corrected chi connectivity index (χ2v) is 4.16. The summed E-state index contributed by atoms with van der Waals surface area (Å²) in [4.78, 5) is 13.6. The van der Waals surface area contributed by atoms with Crippen LogP contribution in [0.25, 0.3) is 0 Å². The predicted octanol–water partition coefficient (Wildman–Crippen LogP) is 0.936. The third-order valence-electron chi connectivity index (χ3n) is 1.84. The van der Waals surface area contributed by atoms with Gasteiger partial charge in [-0.3, -0.25) is 4.79 Å². The molecule has 0 heterocycles. The molecule has 0 aromatic carbocycles. The molecule has 0 radical (unpaired) electrons. The Bertz CT molecular complexity index is 219. The van der Waals surface area contributed by atoms with Crippen LogP contribution >= 0.6 is 12.2 Å². The van der Waals surface area contributed by atoms with Crippen molar-refractivity contribution < 1.29 is 9.53 Å². The molecule has 4 nitrogen and oxygen atoms in total. The van der Waals surface area contributed by atoms with E-state index in [1.165, 1.54) is 0 Å². The number of hydrogen-bond donors (Lipinski definition) is 1. The summed E-state index contributed by atoms with van der Waals surface area (Å²) >= 11 is 4.79. The predicted molar refractivity (Wildman–Crippen MR) is 64.7 cm³/mol. The highest BCUT2D eigenvalue weighted by atomic mass is 32.1. The maximum Gasteiger partial charge on any atom is 0.249 e. The van der Waals surface area contributed by atoms with E-state index in [2.05, 4.69) is 0 Å². The van der Waals surface area contributed by atoms with Gasteiger partial charge in [0.2, 0.25) is 5.91 Å². The Labute approximate surface area is 96.8 Å². The Balaban J connectivity index is 4.11. The fourth-order valence-electron chi connectivity index (χ4n) is 1.11. The lowest BCUT2D eigenvalue weighted by atomic mass is 10.3. The van der Waals surface area contributed by atoms with Gasteiger partial charge in [0.05, 0.1) is 11.5 Å². The first-order valence-electron chi connectivity index (χ1n) is 5.14. The van der Waals surface area contributed by atoms with Crippen molar-refractivity contribution in [2.75, 3.05) is 19.8 Å². The zero-order chi connectivity index (χ0) is 11.8. The minimum atomic E-state index is -0.0637. The second kappa shape index (κ2) is 7.59. The van der Waals surface area contributed by atoms with Crippen LogP contribution in [0.1, 0.15) is 27.2 Å². The van der Waals surface area contributed by atoms with Crippen LogP contribution < -0.4 is 5.73 Å². The molecule has 0 saturated carbocycles. The SMILES string of the molecule is CCCOCC(=O)N(CC(N)=S)C(C)C. The zero-order valence-corrected chi connectivity index (χ0v) is 10.5. The smallest absolute Gasteiger partial charge is 0.249 e. The number of nitrogens with zero attached hydrogens (tertiary/aromatic N) is 1. The summed E-state index contributed by atoms with van der Waals surface area (Å²) in [6, 6.07) is 0.0872. The summed E-state index contributed by atoms with van der Waals surface area (Å²) in [7, 11) is 0. The summed E-state index contributed by atoms with van der Waals surface area (Å²) in [5.41, 5.74) is 5.42. The van der Waals surface area contributed by atoms with Gasteiger partial charge in [-0.25, -0.2) is 0 Å². The van der Waals surface area contributed by atoms with E-state index in [0.717, 1.165) is 6.42 Å². The first-order valence-corrected chi connectivity index (χ1v) is 5.55. The molecule has 5 heteroatoms. The fraction of sp³-hybridized carbons (Fsp3) is 0.800. The molecular formula is C10H20N2O2S. The molecule has 0 aliphatic heterocycles. The van der Waals surface area contributed by atoms with Gasteiger partial charge in [-0.05, 0) is 20.3 Å². The van der Waals surface area contributed by atoms with Crippen molar-refractivity contribution >= 4 is 23.1 Å². The Morgan fingerprint density at radius 1 is 1.53 bits per heavy atom. The largest absolute Gasteiger partial charge is 0.392 e. The van der Waals surface area contributed by atoms with E-state index in [-0.39, 0.29) is 18.6 Å². The van der Waals surface area contributed by atoms with Crippen LogP contribution in [0.15, 0.2) is 0 Å². The standard InChI is InChI=1S/C10H20N2O2S/c1-4-5-14-7-10(13)12(8(2)3)6-9(11)15/h8H,4-7H2,1-3H3,(H2,11,15). The van der Waals surface area contributed by atoms with Crippen LogP contribution in [-0.2, 0) is 9.53 Å². The van der Waals surface area contributed by atoms with Gasteiger partial charge in [0, 0.05) is 12.6 Å². The van der Waals surface area contributed by atoms with E-state index in [4.69, 9.17) is 22.7 Å². The number of ether oxygens (including phenoxy) is 1. The molecule has 0 atom stereocenters. The van der Waals surface area contributed by atoms with Gasteiger partial charge < -0.3 is 15.4 Å². The van der Waals surface area contributed by atoms with Gasteiger partial charge in [0.15, 0.2) is 0 Å². The molecule has 0 aromatic heterocycles. The van der Waals surface area contributed by atoms with Crippen molar-refractivity contribution in [3.05, 3.63) is 0 Å². The highest BCUT2D eigenvalue weighted by Gasteiger charge is 2.17. The summed E-state index contributed by atoms with van der Waals surface area (Å²) in [6.45, 7) is 6.88. The lowest BCUT2D eigenvalue weighted by Gasteiger charge is -2.26.